The molecule has 0 bridgehead atoms. The summed E-state index contributed by atoms with van der Waals surface area (Å²) in [5.41, 5.74) is -0.644. The van der Waals surface area contributed by atoms with Gasteiger partial charge in [0.1, 0.15) is 11.6 Å². The summed E-state index contributed by atoms with van der Waals surface area (Å²) in [6.07, 6.45) is -0.227. The summed E-state index contributed by atoms with van der Waals surface area (Å²) in [5, 5.41) is 15.9. The predicted octanol–water partition coefficient (Wildman–Crippen LogP) is 4.42. The molecule has 0 radical (unpaired) electrons. The van der Waals surface area contributed by atoms with E-state index in [2.05, 4.69) is 15.2 Å². The molecule has 11 heteroatoms. The highest BCUT2D eigenvalue weighted by Crippen LogP contribution is 2.48. The number of anilines is 2. The molecule has 3 aromatic rings. The average molecular weight is 468 g/mol. The largest absolute Gasteiger partial charge is 0.419 e. The molecule has 1 aliphatic carbocycles. The smallest absolute Gasteiger partial charge is 0.303 e. The van der Waals surface area contributed by atoms with Crippen molar-refractivity contribution in [3.8, 4) is 17.3 Å². The first-order chi connectivity index (χ1) is 15.8. The van der Waals surface area contributed by atoms with Crippen molar-refractivity contribution < 1.29 is 18.0 Å². The van der Waals surface area contributed by atoms with Gasteiger partial charge in [-0.15, -0.1) is 0 Å². The van der Waals surface area contributed by atoms with Crippen molar-refractivity contribution in [3.05, 3.63) is 60.0 Å². The van der Waals surface area contributed by atoms with Crippen LogP contribution >= 0.6 is 12.2 Å². The van der Waals surface area contributed by atoms with Gasteiger partial charge in [-0.1, -0.05) is 12.1 Å². The van der Waals surface area contributed by atoms with Gasteiger partial charge in [-0.2, -0.15) is 23.5 Å². The van der Waals surface area contributed by atoms with Crippen LogP contribution in [-0.4, -0.2) is 31.7 Å². The first-order valence-corrected chi connectivity index (χ1v) is 10.4. The number of pyridine rings is 1. The minimum Gasteiger partial charge on any atom is -0.303 e. The Morgan fingerprint density at radius 3 is 2.42 bits per heavy atom. The van der Waals surface area contributed by atoms with E-state index < -0.39 is 28.9 Å². The van der Waals surface area contributed by atoms with Crippen molar-refractivity contribution in [1.29, 1.82) is 5.26 Å². The molecule has 166 valence electrons. The molecule has 0 unspecified atom stereocenters. The van der Waals surface area contributed by atoms with Gasteiger partial charge in [-0.25, -0.2) is 4.98 Å². The number of amides is 1. The van der Waals surface area contributed by atoms with E-state index in [0.717, 1.165) is 34.8 Å². The number of alkyl halides is 3. The molecule has 1 amide bonds. The molecule has 7 nitrogen and oxygen atoms in total. The number of carbonyl (C=O) groups excluding carboxylic acids is 1. The first kappa shape index (κ1) is 21.1. The van der Waals surface area contributed by atoms with Crippen LogP contribution in [0.3, 0.4) is 0 Å². The topological polar surface area (TPSA) is 88.9 Å². The van der Waals surface area contributed by atoms with Crippen molar-refractivity contribution in [3.63, 3.8) is 0 Å². The number of nitrogens with one attached hydrogen (secondary N) is 1. The third kappa shape index (κ3) is 3.17. The van der Waals surface area contributed by atoms with E-state index in [9.17, 15) is 18.0 Å². The fraction of sp³-hybridized carbons (Fsp3) is 0.227. The zero-order valence-corrected chi connectivity index (χ0v) is 17.7. The number of aromatic nitrogens is 3. The summed E-state index contributed by atoms with van der Waals surface area (Å²) >= 11 is 5.60. The van der Waals surface area contributed by atoms with Gasteiger partial charge in [0.05, 0.1) is 23.1 Å². The van der Waals surface area contributed by atoms with Gasteiger partial charge < -0.3 is 4.90 Å². The van der Waals surface area contributed by atoms with Crippen LogP contribution in [0.4, 0.5) is 24.5 Å². The number of carbonyl (C=O) groups is 1. The Morgan fingerprint density at radius 1 is 1.15 bits per heavy atom. The molecular formula is C22H15F3N6OS. The molecule has 5 rings (SSSR count). The number of benzene rings is 1. The first-order valence-electron chi connectivity index (χ1n) is 10.0. The molecule has 2 aliphatic rings. The Hall–Kier alpha value is -3.78. The lowest BCUT2D eigenvalue weighted by Crippen LogP contribution is -2.55. The van der Waals surface area contributed by atoms with Crippen molar-refractivity contribution in [2.75, 3.05) is 9.80 Å². The van der Waals surface area contributed by atoms with E-state index in [1.165, 1.54) is 6.07 Å². The van der Waals surface area contributed by atoms with Crippen LogP contribution < -0.4 is 9.80 Å². The van der Waals surface area contributed by atoms with E-state index in [-0.39, 0.29) is 10.8 Å². The van der Waals surface area contributed by atoms with Crippen molar-refractivity contribution >= 4 is 34.6 Å². The number of halogens is 3. The molecule has 33 heavy (non-hydrogen) atoms. The fourth-order valence-electron chi connectivity index (χ4n) is 4.30. The van der Waals surface area contributed by atoms with Crippen LogP contribution in [-0.2, 0) is 11.0 Å². The zero-order chi connectivity index (χ0) is 23.4. The lowest BCUT2D eigenvalue weighted by Gasteiger charge is -2.43. The van der Waals surface area contributed by atoms with Gasteiger partial charge in [0.25, 0.3) is 5.91 Å². The third-order valence-electron chi connectivity index (χ3n) is 6.07. The molecule has 1 saturated heterocycles. The van der Waals surface area contributed by atoms with Gasteiger partial charge >= 0.3 is 6.18 Å². The summed E-state index contributed by atoms with van der Waals surface area (Å²) in [4.78, 5) is 19.9. The fourth-order valence-corrected chi connectivity index (χ4v) is 4.76. The summed E-state index contributed by atoms with van der Waals surface area (Å²) < 4.78 is 40.4. The van der Waals surface area contributed by atoms with Gasteiger partial charge in [0.2, 0.25) is 0 Å². The van der Waals surface area contributed by atoms with E-state index in [1.807, 2.05) is 30.3 Å². The van der Waals surface area contributed by atoms with Gasteiger partial charge in [-0.05, 0) is 61.3 Å². The van der Waals surface area contributed by atoms with Crippen LogP contribution in [0, 0.1) is 11.3 Å². The summed E-state index contributed by atoms with van der Waals surface area (Å²) in [6, 6.07) is 11.4. The molecule has 1 aliphatic heterocycles. The van der Waals surface area contributed by atoms with Gasteiger partial charge in [-0.3, -0.25) is 14.8 Å². The zero-order valence-electron chi connectivity index (χ0n) is 16.9. The maximum atomic E-state index is 13.5. The van der Waals surface area contributed by atoms with E-state index >= 15 is 0 Å². The van der Waals surface area contributed by atoms with Crippen molar-refractivity contribution in [1.82, 2.24) is 15.2 Å². The highest BCUT2D eigenvalue weighted by Gasteiger charge is 2.59. The Morgan fingerprint density at radius 2 is 1.88 bits per heavy atom. The van der Waals surface area contributed by atoms with Crippen molar-refractivity contribution in [2.24, 2.45) is 0 Å². The standard InChI is InChI=1S/C22H15F3N6OS/c23-22(24,25)16-10-15(12-27-18(16)11-26)30-19(32)21(7-1-8-21)31(20(30)33)14-4-2-13(3-5-14)17-6-9-28-29-17/h2-6,9-10,12H,1,7-8H2,(H,28,29). The van der Waals surface area contributed by atoms with Gasteiger partial charge in [0.15, 0.2) is 10.8 Å². The number of hydrogen-bond acceptors (Lipinski definition) is 5. The highest BCUT2D eigenvalue weighted by atomic mass is 32.1. The summed E-state index contributed by atoms with van der Waals surface area (Å²) in [7, 11) is 0. The number of rotatable bonds is 3. The second-order valence-corrected chi connectivity index (χ2v) is 8.23. The molecule has 2 aromatic heterocycles. The minimum absolute atomic E-state index is 0.0774. The van der Waals surface area contributed by atoms with Crippen molar-refractivity contribution in [2.45, 2.75) is 31.0 Å². The minimum atomic E-state index is -4.80. The van der Waals surface area contributed by atoms with E-state index in [4.69, 9.17) is 17.5 Å². The molecular weight excluding hydrogens is 453 g/mol. The molecule has 3 heterocycles. The highest BCUT2D eigenvalue weighted by molar-refractivity contribution is 7.81. The second-order valence-electron chi connectivity index (χ2n) is 7.86. The summed E-state index contributed by atoms with van der Waals surface area (Å²) in [6.45, 7) is 0. The Kier molecular flexibility index (Phi) is 4.72. The van der Waals surface area contributed by atoms with Crippen LogP contribution in [0.1, 0.15) is 30.5 Å². The SMILES string of the molecule is N#Cc1ncc(N2C(=O)C3(CCC3)N(c3ccc(-c4ccn[nH]4)cc3)C2=S)cc1C(F)(F)F. The lowest BCUT2D eigenvalue weighted by atomic mass is 9.75. The van der Waals surface area contributed by atoms with Crippen LogP contribution in [0.2, 0.25) is 0 Å². The van der Waals surface area contributed by atoms with E-state index in [0.29, 0.717) is 18.5 Å². The lowest BCUT2D eigenvalue weighted by molar-refractivity contribution is -0.138. The van der Waals surface area contributed by atoms with Crippen LogP contribution in [0.15, 0.2) is 48.8 Å². The Bertz CT molecular complexity index is 1290. The Labute approximate surface area is 191 Å². The molecule has 1 saturated carbocycles. The molecule has 1 aromatic carbocycles. The predicted molar refractivity (Wildman–Crippen MR) is 117 cm³/mol. The van der Waals surface area contributed by atoms with Crippen LogP contribution in [0.25, 0.3) is 11.3 Å². The maximum Gasteiger partial charge on any atom is 0.419 e. The molecule has 0 atom stereocenters. The monoisotopic (exact) mass is 468 g/mol. The number of H-pyrrole nitrogens is 1. The van der Waals surface area contributed by atoms with Crippen LogP contribution in [0.5, 0.6) is 0 Å². The number of hydrogen-bond donors (Lipinski definition) is 1. The number of thiocarbonyl (C=S) groups is 1. The average Bonchev–Trinajstić information content (AvgIpc) is 3.37. The molecule has 2 fully saturated rings. The summed E-state index contributed by atoms with van der Waals surface area (Å²) in [5.74, 6) is -0.393. The van der Waals surface area contributed by atoms with Gasteiger partial charge in [0, 0.05) is 11.9 Å². The molecule has 1 N–H and O–H groups in total. The number of aromatic amines is 1. The van der Waals surface area contributed by atoms with E-state index in [1.54, 1.807) is 11.1 Å². The molecule has 1 spiro atoms. The maximum absolute atomic E-state index is 13.5. The normalized spacial score (nSPS) is 17.4. The number of nitrogens with zero attached hydrogens (tertiary/aromatic N) is 5. The quantitative estimate of drug-likeness (QED) is 0.573. The third-order valence-corrected chi connectivity index (χ3v) is 6.44. The Balaban J connectivity index is 1.56. The number of nitriles is 1. The second kappa shape index (κ2) is 7.38.